The Bertz CT molecular complexity index is 712. The number of aryl methyl sites for hydroxylation is 1. The van der Waals surface area contributed by atoms with Crippen molar-refractivity contribution in [3.63, 3.8) is 0 Å². The lowest BCUT2D eigenvalue weighted by Gasteiger charge is -2.17. The van der Waals surface area contributed by atoms with Crippen molar-refractivity contribution in [3.05, 3.63) is 65.2 Å². The van der Waals surface area contributed by atoms with E-state index < -0.39 is 5.97 Å². The largest absolute Gasteiger partial charge is 0.483 e. The van der Waals surface area contributed by atoms with Gasteiger partial charge in [0.25, 0.3) is 5.91 Å². The third kappa shape index (κ3) is 4.32. The zero-order valence-corrected chi connectivity index (χ0v) is 13.1. The predicted molar refractivity (Wildman–Crippen MR) is 86.6 cm³/mol. The van der Waals surface area contributed by atoms with E-state index >= 15 is 0 Å². The first-order chi connectivity index (χ1) is 11.0. The van der Waals surface area contributed by atoms with Crippen LogP contribution in [0.3, 0.4) is 0 Å². The van der Waals surface area contributed by atoms with Crippen LogP contribution in [0, 0.1) is 6.92 Å². The summed E-state index contributed by atoms with van der Waals surface area (Å²) in [5.41, 5.74) is 2.16. The standard InChI is InChI=1S/C18H19NO4/c1-12-7-3-4-8-14(12)13(2)19-17(20)11-23-16-10-6-5-9-15(16)18(21)22/h3-10,13H,11H2,1-2H3,(H,19,20)(H,21,22)/t13-/m0/s1. The topological polar surface area (TPSA) is 75.6 Å². The summed E-state index contributed by atoms with van der Waals surface area (Å²) in [6.45, 7) is 3.64. The molecule has 0 saturated heterocycles. The van der Waals surface area contributed by atoms with E-state index in [-0.39, 0.29) is 29.9 Å². The molecule has 0 aliphatic rings. The van der Waals surface area contributed by atoms with Gasteiger partial charge in [0.15, 0.2) is 6.61 Å². The van der Waals surface area contributed by atoms with E-state index in [1.165, 1.54) is 12.1 Å². The van der Waals surface area contributed by atoms with Gasteiger partial charge in [0, 0.05) is 0 Å². The number of carboxylic acid groups (broad SMARTS) is 1. The number of amides is 1. The molecule has 0 radical (unpaired) electrons. The van der Waals surface area contributed by atoms with Crippen LogP contribution in [0.1, 0.15) is 34.5 Å². The predicted octanol–water partition coefficient (Wildman–Crippen LogP) is 2.95. The normalized spacial score (nSPS) is 11.6. The number of nitrogens with one attached hydrogen (secondary N) is 1. The van der Waals surface area contributed by atoms with Crippen LogP contribution in [0.5, 0.6) is 5.75 Å². The van der Waals surface area contributed by atoms with Crippen LogP contribution < -0.4 is 10.1 Å². The Kier molecular flexibility index (Phi) is 5.36. The zero-order chi connectivity index (χ0) is 16.8. The van der Waals surface area contributed by atoms with E-state index in [0.717, 1.165) is 11.1 Å². The number of carbonyl (C=O) groups excluding carboxylic acids is 1. The van der Waals surface area contributed by atoms with Gasteiger partial charge in [-0.25, -0.2) is 4.79 Å². The van der Waals surface area contributed by atoms with Gasteiger partial charge in [-0.05, 0) is 37.1 Å². The SMILES string of the molecule is Cc1ccccc1[C@H](C)NC(=O)COc1ccccc1C(=O)O. The van der Waals surface area contributed by atoms with Gasteiger partial charge in [-0.15, -0.1) is 0 Å². The molecule has 5 nitrogen and oxygen atoms in total. The highest BCUT2D eigenvalue weighted by Gasteiger charge is 2.14. The smallest absolute Gasteiger partial charge is 0.339 e. The molecule has 2 aromatic carbocycles. The molecule has 0 aliphatic heterocycles. The average Bonchev–Trinajstić information content (AvgIpc) is 2.53. The first-order valence-corrected chi connectivity index (χ1v) is 7.29. The summed E-state index contributed by atoms with van der Waals surface area (Å²) in [7, 11) is 0. The Balaban J connectivity index is 1.96. The quantitative estimate of drug-likeness (QED) is 0.859. The van der Waals surface area contributed by atoms with Crippen molar-refractivity contribution in [1.82, 2.24) is 5.32 Å². The Morgan fingerprint density at radius 1 is 1.13 bits per heavy atom. The molecule has 0 unspecified atom stereocenters. The minimum Gasteiger partial charge on any atom is -0.483 e. The molecule has 2 aromatic rings. The second-order valence-electron chi connectivity index (χ2n) is 5.24. The lowest BCUT2D eigenvalue weighted by molar-refractivity contribution is -0.123. The van der Waals surface area contributed by atoms with Crippen LogP contribution in [0.15, 0.2) is 48.5 Å². The van der Waals surface area contributed by atoms with Crippen LogP contribution in [0.2, 0.25) is 0 Å². The number of benzene rings is 2. The number of para-hydroxylation sites is 1. The number of aromatic carboxylic acids is 1. The van der Waals surface area contributed by atoms with E-state index in [2.05, 4.69) is 5.32 Å². The molecule has 2 N–H and O–H groups in total. The molecule has 0 aromatic heterocycles. The fourth-order valence-corrected chi connectivity index (χ4v) is 2.35. The second kappa shape index (κ2) is 7.45. The van der Waals surface area contributed by atoms with Crippen molar-refractivity contribution in [2.75, 3.05) is 6.61 Å². The fraction of sp³-hybridized carbons (Fsp3) is 0.222. The van der Waals surface area contributed by atoms with Crippen molar-refractivity contribution < 1.29 is 19.4 Å². The lowest BCUT2D eigenvalue weighted by Crippen LogP contribution is -2.31. The summed E-state index contributed by atoms with van der Waals surface area (Å²) in [4.78, 5) is 23.1. The highest BCUT2D eigenvalue weighted by molar-refractivity contribution is 5.91. The van der Waals surface area contributed by atoms with Crippen LogP contribution in [-0.4, -0.2) is 23.6 Å². The second-order valence-corrected chi connectivity index (χ2v) is 5.24. The summed E-state index contributed by atoms with van der Waals surface area (Å²) < 4.78 is 5.33. The van der Waals surface area contributed by atoms with Crippen molar-refractivity contribution in [3.8, 4) is 5.75 Å². The molecule has 2 rings (SSSR count). The molecule has 1 amide bonds. The molecular weight excluding hydrogens is 294 g/mol. The Morgan fingerprint density at radius 2 is 1.78 bits per heavy atom. The summed E-state index contributed by atoms with van der Waals surface area (Å²) in [6, 6.07) is 13.9. The maximum atomic E-state index is 12.0. The summed E-state index contributed by atoms with van der Waals surface area (Å²) in [6.07, 6.45) is 0. The third-order valence-corrected chi connectivity index (χ3v) is 3.51. The van der Waals surface area contributed by atoms with E-state index in [0.29, 0.717) is 0 Å². The van der Waals surface area contributed by atoms with Crippen molar-refractivity contribution in [1.29, 1.82) is 0 Å². The molecule has 0 fully saturated rings. The number of hydrogen-bond acceptors (Lipinski definition) is 3. The maximum absolute atomic E-state index is 12.0. The number of hydrogen-bond donors (Lipinski definition) is 2. The van der Waals surface area contributed by atoms with E-state index in [1.54, 1.807) is 12.1 Å². The molecule has 0 aliphatic carbocycles. The highest BCUT2D eigenvalue weighted by Crippen LogP contribution is 2.18. The fourth-order valence-electron chi connectivity index (χ4n) is 2.35. The first-order valence-electron chi connectivity index (χ1n) is 7.29. The average molecular weight is 313 g/mol. The Hall–Kier alpha value is -2.82. The number of carbonyl (C=O) groups is 2. The Morgan fingerprint density at radius 3 is 2.48 bits per heavy atom. The summed E-state index contributed by atoms with van der Waals surface area (Å²) in [5.74, 6) is -1.21. The van der Waals surface area contributed by atoms with Gasteiger partial charge < -0.3 is 15.2 Å². The Labute approximate surface area is 134 Å². The molecule has 23 heavy (non-hydrogen) atoms. The monoisotopic (exact) mass is 313 g/mol. The molecule has 0 heterocycles. The summed E-state index contributed by atoms with van der Waals surface area (Å²) >= 11 is 0. The van der Waals surface area contributed by atoms with Gasteiger partial charge in [-0.2, -0.15) is 0 Å². The zero-order valence-electron chi connectivity index (χ0n) is 13.1. The molecule has 5 heteroatoms. The molecule has 1 atom stereocenters. The number of rotatable bonds is 6. The van der Waals surface area contributed by atoms with Crippen LogP contribution in [0.25, 0.3) is 0 Å². The minimum atomic E-state index is -1.09. The molecule has 120 valence electrons. The van der Waals surface area contributed by atoms with Crippen molar-refractivity contribution in [2.45, 2.75) is 19.9 Å². The van der Waals surface area contributed by atoms with Gasteiger partial charge in [-0.3, -0.25) is 4.79 Å². The first kappa shape index (κ1) is 16.5. The van der Waals surface area contributed by atoms with Gasteiger partial charge in [0.1, 0.15) is 11.3 Å². The number of carboxylic acids is 1. The molecular formula is C18H19NO4. The molecule has 0 spiro atoms. The van der Waals surface area contributed by atoms with Gasteiger partial charge in [0.2, 0.25) is 0 Å². The van der Waals surface area contributed by atoms with Crippen LogP contribution in [-0.2, 0) is 4.79 Å². The molecule has 0 bridgehead atoms. The van der Waals surface area contributed by atoms with Crippen LogP contribution >= 0.6 is 0 Å². The number of ether oxygens (including phenoxy) is 1. The maximum Gasteiger partial charge on any atom is 0.339 e. The van der Waals surface area contributed by atoms with E-state index in [4.69, 9.17) is 9.84 Å². The van der Waals surface area contributed by atoms with E-state index in [1.807, 2.05) is 38.1 Å². The minimum absolute atomic E-state index is 0.0345. The van der Waals surface area contributed by atoms with Crippen molar-refractivity contribution >= 4 is 11.9 Å². The van der Waals surface area contributed by atoms with Gasteiger partial charge >= 0.3 is 5.97 Å². The summed E-state index contributed by atoms with van der Waals surface area (Å²) in [5, 5.41) is 11.9. The van der Waals surface area contributed by atoms with Crippen molar-refractivity contribution in [2.24, 2.45) is 0 Å². The third-order valence-electron chi connectivity index (χ3n) is 3.51. The van der Waals surface area contributed by atoms with Crippen LogP contribution in [0.4, 0.5) is 0 Å². The van der Waals surface area contributed by atoms with E-state index in [9.17, 15) is 9.59 Å². The highest BCUT2D eigenvalue weighted by atomic mass is 16.5. The molecule has 0 saturated carbocycles. The van der Waals surface area contributed by atoms with Gasteiger partial charge in [-0.1, -0.05) is 36.4 Å². The lowest BCUT2D eigenvalue weighted by atomic mass is 10.0. The van der Waals surface area contributed by atoms with Gasteiger partial charge in [0.05, 0.1) is 6.04 Å².